The van der Waals surface area contributed by atoms with Crippen molar-refractivity contribution in [1.29, 1.82) is 0 Å². The lowest BCUT2D eigenvalue weighted by Crippen LogP contribution is -2.17. The normalized spacial score (nSPS) is 20.5. The predicted octanol–water partition coefficient (Wildman–Crippen LogP) is 1.36. The second kappa shape index (κ2) is 4.79. The summed E-state index contributed by atoms with van der Waals surface area (Å²) in [5.41, 5.74) is 6.16. The van der Waals surface area contributed by atoms with Crippen molar-refractivity contribution >= 4 is 11.6 Å². The predicted molar refractivity (Wildman–Crippen MR) is 57.0 cm³/mol. The van der Waals surface area contributed by atoms with Crippen molar-refractivity contribution < 1.29 is 9.47 Å². The van der Waals surface area contributed by atoms with Crippen LogP contribution in [0.15, 0.2) is 12.1 Å². The molecule has 0 radical (unpaired) electrons. The van der Waals surface area contributed by atoms with Gasteiger partial charge in [0.2, 0.25) is 5.88 Å². The molecule has 1 aliphatic heterocycles. The zero-order chi connectivity index (χ0) is 10.7. The Hall–Kier alpha value is -0.840. The summed E-state index contributed by atoms with van der Waals surface area (Å²) in [7, 11) is 0. The Bertz CT molecular complexity index is 340. The van der Waals surface area contributed by atoms with Crippen LogP contribution in [0.1, 0.15) is 12.1 Å². The minimum Gasteiger partial charge on any atom is -0.472 e. The van der Waals surface area contributed by atoms with Crippen LogP contribution in [0.25, 0.3) is 0 Å². The number of nitrogens with two attached hydrogens (primary N) is 1. The van der Waals surface area contributed by atoms with Gasteiger partial charge in [0, 0.05) is 19.0 Å². The van der Waals surface area contributed by atoms with E-state index in [0.29, 0.717) is 29.7 Å². The van der Waals surface area contributed by atoms with Crippen LogP contribution in [0.4, 0.5) is 0 Å². The first-order chi connectivity index (χ1) is 7.29. The SMILES string of the molecule is NCc1nc(OC2CCOC2)ccc1Cl. The Morgan fingerprint density at radius 3 is 3.13 bits per heavy atom. The summed E-state index contributed by atoms with van der Waals surface area (Å²) in [4.78, 5) is 4.22. The second-order valence-electron chi connectivity index (χ2n) is 3.39. The van der Waals surface area contributed by atoms with Gasteiger partial charge in [0.05, 0.1) is 23.9 Å². The largest absolute Gasteiger partial charge is 0.472 e. The van der Waals surface area contributed by atoms with Gasteiger partial charge in [0.15, 0.2) is 0 Å². The van der Waals surface area contributed by atoms with Crippen molar-refractivity contribution in [2.45, 2.75) is 19.1 Å². The zero-order valence-electron chi connectivity index (χ0n) is 8.28. The fourth-order valence-electron chi connectivity index (χ4n) is 1.45. The summed E-state index contributed by atoms with van der Waals surface area (Å²) in [6, 6.07) is 3.50. The van der Waals surface area contributed by atoms with Crippen molar-refractivity contribution in [3.05, 3.63) is 22.8 Å². The first-order valence-corrected chi connectivity index (χ1v) is 5.27. The van der Waals surface area contributed by atoms with E-state index in [1.54, 1.807) is 12.1 Å². The van der Waals surface area contributed by atoms with Gasteiger partial charge < -0.3 is 15.2 Å². The number of rotatable bonds is 3. The maximum Gasteiger partial charge on any atom is 0.213 e. The topological polar surface area (TPSA) is 57.4 Å². The second-order valence-corrected chi connectivity index (χ2v) is 3.79. The average Bonchev–Trinajstić information content (AvgIpc) is 2.73. The van der Waals surface area contributed by atoms with E-state index in [1.165, 1.54) is 0 Å². The molecular weight excluding hydrogens is 216 g/mol. The molecule has 5 heteroatoms. The quantitative estimate of drug-likeness (QED) is 0.849. The van der Waals surface area contributed by atoms with Crippen LogP contribution in [-0.2, 0) is 11.3 Å². The molecule has 1 aromatic rings. The number of ether oxygens (including phenoxy) is 2. The van der Waals surface area contributed by atoms with Gasteiger partial charge in [-0.1, -0.05) is 11.6 Å². The lowest BCUT2D eigenvalue weighted by atomic mass is 10.3. The molecule has 0 spiro atoms. The first kappa shape index (κ1) is 10.7. The highest BCUT2D eigenvalue weighted by Crippen LogP contribution is 2.20. The molecule has 0 saturated carbocycles. The fraction of sp³-hybridized carbons (Fsp3) is 0.500. The summed E-state index contributed by atoms with van der Waals surface area (Å²) in [6.45, 7) is 1.70. The van der Waals surface area contributed by atoms with Gasteiger partial charge in [-0.05, 0) is 6.07 Å². The third kappa shape index (κ3) is 2.59. The molecule has 1 unspecified atom stereocenters. The number of aromatic nitrogens is 1. The Morgan fingerprint density at radius 2 is 2.47 bits per heavy atom. The molecule has 0 bridgehead atoms. The molecule has 2 rings (SSSR count). The summed E-state index contributed by atoms with van der Waals surface area (Å²) in [5, 5.41) is 0.576. The van der Waals surface area contributed by atoms with Crippen LogP contribution in [-0.4, -0.2) is 24.3 Å². The molecule has 2 heterocycles. The molecule has 15 heavy (non-hydrogen) atoms. The van der Waals surface area contributed by atoms with Gasteiger partial charge in [-0.25, -0.2) is 4.98 Å². The molecule has 0 aliphatic carbocycles. The van der Waals surface area contributed by atoms with E-state index in [2.05, 4.69) is 4.98 Å². The van der Waals surface area contributed by atoms with Crippen LogP contribution >= 0.6 is 11.6 Å². The highest BCUT2D eigenvalue weighted by atomic mass is 35.5. The van der Waals surface area contributed by atoms with Gasteiger partial charge in [0.1, 0.15) is 6.10 Å². The maximum absolute atomic E-state index is 5.89. The minimum absolute atomic E-state index is 0.101. The van der Waals surface area contributed by atoms with E-state index in [0.717, 1.165) is 13.0 Å². The molecule has 2 N–H and O–H groups in total. The number of nitrogens with zero attached hydrogens (tertiary/aromatic N) is 1. The van der Waals surface area contributed by atoms with Crippen LogP contribution in [0, 0.1) is 0 Å². The molecular formula is C10H13ClN2O2. The Kier molecular flexibility index (Phi) is 3.41. The Labute approximate surface area is 93.3 Å². The van der Waals surface area contributed by atoms with Crippen molar-refractivity contribution in [3.63, 3.8) is 0 Å². The molecule has 0 aromatic carbocycles. The van der Waals surface area contributed by atoms with Gasteiger partial charge >= 0.3 is 0 Å². The lowest BCUT2D eigenvalue weighted by Gasteiger charge is -2.11. The number of halogens is 1. The van der Waals surface area contributed by atoms with Gasteiger partial charge in [-0.2, -0.15) is 0 Å². The zero-order valence-corrected chi connectivity index (χ0v) is 9.04. The standard InChI is InChI=1S/C10H13ClN2O2/c11-8-1-2-10(13-9(8)5-12)15-7-3-4-14-6-7/h1-2,7H,3-6,12H2. The summed E-state index contributed by atoms with van der Waals surface area (Å²) in [6.07, 6.45) is 1.01. The van der Waals surface area contributed by atoms with Crippen LogP contribution < -0.4 is 10.5 Å². The van der Waals surface area contributed by atoms with Gasteiger partial charge in [-0.15, -0.1) is 0 Å². The van der Waals surface area contributed by atoms with E-state index in [4.69, 9.17) is 26.8 Å². The number of hydrogen-bond donors (Lipinski definition) is 1. The molecule has 1 aromatic heterocycles. The van der Waals surface area contributed by atoms with Crippen molar-refractivity contribution in [2.75, 3.05) is 13.2 Å². The van der Waals surface area contributed by atoms with E-state index in [-0.39, 0.29) is 6.10 Å². The summed E-state index contributed by atoms with van der Waals surface area (Å²) >= 11 is 5.89. The van der Waals surface area contributed by atoms with Crippen LogP contribution in [0.2, 0.25) is 5.02 Å². The van der Waals surface area contributed by atoms with Crippen LogP contribution in [0.3, 0.4) is 0 Å². The van der Waals surface area contributed by atoms with Crippen molar-refractivity contribution in [3.8, 4) is 5.88 Å². The fourth-order valence-corrected chi connectivity index (χ4v) is 1.63. The number of hydrogen-bond acceptors (Lipinski definition) is 4. The highest BCUT2D eigenvalue weighted by Gasteiger charge is 2.17. The molecule has 82 valence electrons. The highest BCUT2D eigenvalue weighted by molar-refractivity contribution is 6.31. The molecule has 4 nitrogen and oxygen atoms in total. The monoisotopic (exact) mass is 228 g/mol. The third-order valence-electron chi connectivity index (χ3n) is 2.26. The van der Waals surface area contributed by atoms with E-state index < -0.39 is 0 Å². The summed E-state index contributed by atoms with van der Waals surface area (Å²) in [5.74, 6) is 0.565. The molecule has 1 aliphatic rings. The van der Waals surface area contributed by atoms with E-state index >= 15 is 0 Å². The Morgan fingerprint density at radius 1 is 1.60 bits per heavy atom. The lowest BCUT2D eigenvalue weighted by molar-refractivity contribution is 0.138. The molecule has 1 saturated heterocycles. The maximum atomic E-state index is 5.89. The van der Waals surface area contributed by atoms with Crippen molar-refractivity contribution in [2.24, 2.45) is 5.73 Å². The van der Waals surface area contributed by atoms with E-state index in [9.17, 15) is 0 Å². The van der Waals surface area contributed by atoms with Gasteiger partial charge in [0.25, 0.3) is 0 Å². The molecule has 1 fully saturated rings. The van der Waals surface area contributed by atoms with Crippen molar-refractivity contribution in [1.82, 2.24) is 4.98 Å². The molecule has 0 amide bonds. The minimum atomic E-state index is 0.101. The van der Waals surface area contributed by atoms with Crippen LogP contribution in [0.5, 0.6) is 5.88 Å². The van der Waals surface area contributed by atoms with Gasteiger partial charge in [-0.3, -0.25) is 0 Å². The smallest absolute Gasteiger partial charge is 0.213 e. The van der Waals surface area contributed by atoms with E-state index in [1.807, 2.05) is 0 Å². The first-order valence-electron chi connectivity index (χ1n) is 4.89. The summed E-state index contributed by atoms with van der Waals surface area (Å²) < 4.78 is 10.8. The third-order valence-corrected chi connectivity index (χ3v) is 2.61. The average molecular weight is 229 g/mol. The Balaban J connectivity index is 2.07. The number of pyridine rings is 1. The molecule has 1 atom stereocenters.